The fourth-order valence-corrected chi connectivity index (χ4v) is 2.17. The molecule has 0 spiro atoms. The van der Waals surface area contributed by atoms with E-state index in [0.717, 1.165) is 49.8 Å². The van der Waals surface area contributed by atoms with E-state index in [-0.39, 0.29) is 5.84 Å². The van der Waals surface area contributed by atoms with E-state index in [9.17, 15) is 0 Å². The molecule has 0 unspecified atom stereocenters. The fourth-order valence-electron chi connectivity index (χ4n) is 2.17. The molecular formula is C16H25N3O2. The third-order valence-electron chi connectivity index (χ3n) is 3.75. The molecule has 0 atom stereocenters. The predicted molar refractivity (Wildman–Crippen MR) is 83.6 cm³/mol. The summed E-state index contributed by atoms with van der Waals surface area (Å²) in [7, 11) is 0. The maximum absolute atomic E-state index is 8.67. The number of nitrogens with one attached hydrogen (secondary N) is 1. The Labute approximate surface area is 126 Å². The summed E-state index contributed by atoms with van der Waals surface area (Å²) in [5, 5.41) is 15.1. The minimum Gasteiger partial charge on any atom is -0.409 e. The zero-order chi connectivity index (χ0) is 15.1. The molecule has 1 aromatic rings. The Balaban J connectivity index is 1.65. The number of aryl methyl sites for hydroxylation is 1. The van der Waals surface area contributed by atoms with Crippen molar-refractivity contribution in [3.8, 4) is 0 Å². The van der Waals surface area contributed by atoms with Crippen LogP contribution in [0.1, 0.15) is 36.0 Å². The van der Waals surface area contributed by atoms with Gasteiger partial charge < -0.3 is 21.0 Å². The van der Waals surface area contributed by atoms with Crippen LogP contribution in [0.25, 0.3) is 0 Å². The molecule has 1 fully saturated rings. The number of nitrogens with two attached hydrogens (primary N) is 1. The second-order valence-corrected chi connectivity index (χ2v) is 5.68. The number of rotatable bonds is 9. The summed E-state index contributed by atoms with van der Waals surface area (Å²) in [5.74, 6) is 0.986. The standard InChI is InChI=1S/C16H25N3O2/c1-12-9-14(16(17)19-20)5-6-15(12)10-18-7-2-8-21-11-13-3-4-13/h5-6,9,13,18,20H,2-4,7-8,10-11H2,1H3,(H2,17,19). The van der Waals surface area contributed by atoms with Gasteiger partial charge in [0.05, 0.1) is 0 Å². The molecule has 0 aliphatic heterocycles. The molecule has 0 amide bonds. The van der Waals surface area contributed by atoms with Crippen molar-refractivity contribution in [1.82, 2.24) is 5.32 Å². The molecule has 1 aliphatic rings. The number of oxime groups is 1. The van der Waals surface area contributed by atoms with Gasteiger partial charge in [-0.3, -0.25) is 0 Å². The van der Waals surface area contributed by atoms with Gasteiger partial charge in [0.15, 0.2) is 5.84 Å². The molecule has 2 rings (SSSR count). The average Bonchev–Trinajstić information content (AvgIpc) is 3.31. The maximum atomic E-state index is 8.67. The van der Waals surface area contributed by atoms with Crippen LogP contribution < -0.4 is 11.1 Å². The number of benzene rings is 1. The Bertz CT molecular complexity index is 484. The monoisotopic (exact) mass is 291 g/mol. The second-order valence-electron chi connectivity index (χ2n) is 5.68. The Kier molecular flexibility index (Phi) is 6.02. The number of amidine groups is 1. The summed E-state index contributed by atoms with van der Waals surface area (Å²) >= 11 is 0. The third-order valence-corrected chi connectivity index (χ3v) is 3.75. The van der Waals surface area contributed by atoms with Crippen molar-refractivity contribution in [2.75, 3.05) is 19.8 Å². The predicted octanol–water partition coefficient (Wildman–Crippen LogP) is 2.00. The van der Waals surface area contributed by atoms with E-state index in [0.29, 0.717) is 0 Å². The Morgan fingerprint density at radius 3 is 2.95 bits per heavy atom. The first-order valence-electron chi connectivity index (χ1n) is 7.56. The molecule has 1 aromatic carbocycles. The van der Waals surface area contributed by atoms with Gasteiger partial charge in [-0.1, -0.05) is 17.3 Å². The Morgan fingerprint density at radius 1 is 1.48 bits per heavy atom. The molecule has 116 valence electrons. The normalized spacial score (nSPS) is 15.4. The van der Waals surface area contributed by atoms with E-state index in [2.05, 4.69) is 10.5 Å². The lowest BCUT2D eigenvalue weighted by atomic mass is 10.0. The average molecular weight is 291 g/mol. The SMILES string of the molecule is Cc1cc(/C(N)=N/O)ccc1CNCCCOCC1CC1. The smallest absolute Gasteiger partial charge is 0.170 e. The van der Waals surface area contributed by atoms with Gasteiger partial charge in [-0.25, -0.2) is 0 Å². The minimum atomic E-state index is 0.144. The van der Waals surface area contributed by atoms with Gasteiger partial charge in [0, 0.05) is 25.3 Å². The summed E-state index contributed by atoms with van der Waals surface area (Å²) in [6.07, 6.45) is 3.73. The number of ether oxygens (including phenoxy) is 1. The van der Waals surface area contributed by atoms with Gasteiger partial charge in [-0.2, -0.15) is 0 Å². The van der Waals surface area contributed by atoms with Crippen molar-refractivity contribution in [2.24, 2.45) is 16.8 Å². The summed E-state index contributed by atoms with van der Waals surface area (Å²) in [6, 6.07) is 5.82. The van der Waals surface area contributed by atoms with Crippen LogP contribution in [0.4, 0.5) is 0 Å². The summed E-state index contributed by atoms with van der Waals surface area (Å²) in [6.45, 7) is 5.58. The maximum Gasteiger partial charge on any atom is 0.170 e. The number of nitrogens with zero attached hydrogens (tertiary/aromatic N) is 1. The van der Waals surface area contributed by atoms with Crippen LogP contribution in [-0.4, -0.2) is 30.8 Å². The molecule has 0 aromatic heterocycles. The minimum absolute atomic E-state index is 0.144. The van der Waals surface area contributed by atoms with Crippen molar-refractivity contribution in [3.63, 3.8) is 0 Å². The first-order valence-corrected chi connectivity index (χ1v) is 7.56. The lowest BCUT2D eigenvalue weighted by Crippen LogP contribution is -2.18. The molecule has 1 aliphatic carbocycles. The zero-order valence-electron chi connectivity index (χ0n) is 12.6. The van der Waals surface area contributed by atoms with Crippen LogP contribution in [0.2, 0.25) is 0 Å². The molecule has 5 nitrogen and oxygen atoms in total. The molecule has 5 heteroatoms. The molecule has 4 N–H and O–H groups in total. The zero-order valence-corrected chi connectivity index (χ0v) is 12.6. The van der Waals surface area contributed by atoms with Crippen LogP contribution in [0.5, 0.6) is 0 Å². The van der Waals surface area contributed by atoms with Gasteiger partial charge in [0.25, 0.3) is 0 Å². The van der Waals surface area contributed by atoms with E-state index in [1.54, 1.807) is 0 Å². The third kappa shape index (κ3) is 5.36. The quantitative estimate of drug-likeness (QED) is 0.214. The number of hydrogen-bond acceptors (Lipinski definition) is 4. The van der Waals surface area contributed by atoms with Crippen LogP contribution in [0.3, 0.4) is 0 Å². The highest BCUT2D eigenvalue weighted by atomic mass is 16.5. The van der Waals surface area contributed by atoms with Gasteiger partial charge in [0.1, 0.15) is 0 Å². The molecule has 0 heterocycles. The Morgan fingerprint density at radius 2 is 2.29 bits per heavy atom. The van der Waals surface area contributed by atoms with Gasteiger partial charge >= 0.3 is 0 Å². The highest BCUT2D eigenvalue weighted by Crippen LogP contribution is 2.28. The second kappa shape index (κ2) is 8.00. The van der Waals surface area contributed by atoms with Crippen molar-refractivity contribution < 1.29 is 9.94 Å². The van der Waals surface area contributed by atoms with Crippen molar-refractivity contribution in [1.29, 1.82) is 0 Å². The van der Waals surface area contributed by atoms with Crippen LogP contribution in [0, 0.1) is 12.8 Å². The highest BCUT2D eigenvalue weighted by molar-refractivity contribution is 5.97. The molecule has 0 saturated heterocycles. The van der Waals surface area contributed by atoms with Crippen LogP contribution >= 0.6 is 0 Å². The van der Waals surface area contributed by atoms with E-state index in [1.165, 1.54) is 18.4 Å². The van der Waals surface area contributed by atoms with E-state index in [1.807, 2.05) is 25.1 Å². The molecule has 0 bridgehead atoms. The van der Waals surface area contributed by atoms with Crippen LogP contribution in [0.15, 0.2) is 23.4 Å². The van der Waals surface area contributed by atoms with E-state index in [4.69, 9.17) is 15.7 Å². The van der Waals surface area contributed by atoms with E-state index < -0.39 is 0 Å². The lowest BCUT2D eigenvalue weighted by molar-refractivity contribution is 0.122. The number of hydrogen-bond donors (Lipinski definition) is 3. The van der Waals surface area contributed by atoms with Gasteiger partial charge in [-0.15, -0.1) is 0 Å². The topological polar surface area (TPSA) is 79.9 Å². The lowest BCUT2D eigenvalue weighted by Gasteiger charge is -2.09. The largest absolute Gasteiger partial charge is 0.409 e. The van der Waals surface area contributed by atoms with Crippen molar-refractivity contribution in [3.05, 3.63) is 34.9 Å². The fraction of sp³-hybridized carbons (Fsp3) is 0.562. The summed E-state index contributed by atoms with van der Waals surface area (Å²) in [5.41, 5.74) is 8.68. The molecule has 21 heavy (non-hydrogen) atoms. The first kappa shape index (κ1) is 15.8. The molecule has 0 radical (unpaired) electrons. The summed E-state index contributed by atoms with van der Waals surface area (Å²) in [4.78, 5) is 0. The summed E-state index contributed by atoms with van der Waals surface area (Å²) < 4.78 is 5.60. The first-order chi connectivity index (χ1) is 10.2. The van der Waals surface area contributed by atoms with E-state index >= 15 is 0 Å². The highest BCUT2D eigenvalue weighted by Gasteiger charge is 2.20. The molecule has 1 saturated carbocycles. The van der Waals surface area contributed by atoms with Crippen molar-refractivity contribution in [2.45, 2.75) is 32.7 Å². The van der Waals surface area contributed by atoms with Gasteiger partial charge in [0.2, 0.25) is 0 Å². The molecular weight excluding hydrogens is 266 g/mol. The van der Waals surface area contributed by atoms with Crippen molar-refractivity contribution >= 4 is 5.84 Å². The van der Waals surface area contributed by atoms with Crippen LogP contribution in [-0.2, 0) is 11.3 Å². The Hall–Kier alpha value is -1.59. The van der Waals surface area contributed by atoms with Gasteiger partial charge in [-0.05, 0) is 55.8 Å².